The van der Waals surface area contributed by atoms with Crippen molar-refractivity contribution in [3.8, 4) is 0 Å². The largest absolute Gasteiger partial charge is 0.348 e. The van der Waals surface area contributed by atoms with Gasteiger partial charge in [-0.25, -0.2) is 4.79 Å². The van der Waals surface area contributed by atoms with Crippen molar-refractivity contribution in [1.29, 1.82) is 0 Å². The first-order chi connectivity index (χ1) is 8.65. The van der Waals surface area contributed by atoms with E-state index in [1.54, 1.807) is 31.3 Å². The van der Waals surface area contributed by atoms with Crippen molar-refractivity contribution in [3.05, 3.63) is 29.3 Å². The molecule has 1 heterocycles. The molecule has 0 bridgehead atoms. The van der Waals surface area contributed by atoms with Crippen molar-refractivity contribution in [1.82, 2.24) is 4.90 Å². The summed E-state index contributed by atoms with van der Waals surface area (Å²) >= 11 is 5.84. The standard InChI is InChI=1S/C12H15ClN2O3/c1-15(8-11-17-5-6-18-11)12(16)14-10-4-2-3-9(13)7-10/h2-4,7,11H,5-6,8H2,1H3,(H,14,16). The molecule has 1 fully saturated rings. The summed E-state index contributed by atoms with van der Waals surface area (Å²) in [6.07, 6.45) is -0.333. The first-order valence-electron chi connectivity index (χ1n) is 5.66. The van der Waals surface area contributed by atoms with E-state index in [9.17, 15) is 4.79 Å². The minimum Gasteiger partial charge on any atom is -0.348 e. The SMILES string of the molecule is CN(CC1OCCO1)C(=O)Nc1cccc(Cl)c1. The fourth-order valence-electron chi connectivity index (χ4n) is 1.60. The molecule has 1 saturated heterocycles. The number of amides is 2. The molecular weight excluding hydrogens is 256 g/mol. The zero-order valence-corrected chi connectivity index (χ0v) is 10.8. The highest BCUT2D eigenvalue weighted by molar-refractivity contribution is 6.30. The van der Waals surface area contributed by atoms with Crippen LogP contribution in [0.3, 0.4) is 0 Å². The van der Waals surface area contributed by atoms with Gasteiger partial charge in [0, 0.05) is 17.8 Å². The van der Waals surface area contributed by atoms with Gasteiger partial charge in [-0.3, -0.25) is 0 Å². The summed E-state index contributed by atoms with van der Waals surface area (Å²) in [7, 11) is 1.69. The van der Waals surface area contributed by atoms with Gasteiger partial charge in [0.1, 0.15) is 0 Å². The molecule has 0 unspecified atom stereocenters. The van der Waals surface area contributed by atoms with Crippen molar-refractivity contribution < 1.29 is 14.3 Å². The van der Waals surface area contributed by atoms with Crippen molar-refractivity contribution in [2.24, 2.45) is 0 Å². The number of anilines is 1. The first-order valence-corrected chi connectivity index (χ1v) is 6.04. The molecule has 0 aromatic heterocycles. The highest BCUT2D eigenvalue weighted by Gasteiger charge is 2.20. The number of hydrogen-bond donors (Lipinski definition) is 1. The number of benzene rings is 1. The maximum atomic E-state index is 11.9. The molecule has 1 aliphatic rings. The van der Waals surface area contributed by atoms with Gasteiger partial charge in [-0.15, -0.1) is 0 Å². The van der Waals surface area contributed by atoms with Gasteiger partial charge in [0.2, 0.25) is 0 Å². The van der Waals surface area contributed by atoms with Crippen LogP contribution in [0.2, 0.25) is 5.02 Å². The zero-order valence-electron chi connectivity index (χ0n) is 10.1. The maximum Gasteiger partial charge on any atom is 0.321 e. The minimum atomic E-state index is -0.333. The van der Waals surface area contributed by atoms with Crippen LogP contribution in [-0.4, -0.2) is 44.0 Å². The fraction of sp³-hybridized carbons (Fsp3) is 0.417. The van der Waals surface area contributed by atoms with E-state index in [0.717, 1.165) is 0 Å². The van der Waals surface area contributed by atoms with E-state index in [2.05, 4.69) is 5.32 Å². The molecule has 18 heavy (non-hydrogen) atoms. The van der Waals surface area contributed by atoms with Gasteiger partial charge in [-0.05, 0) is 18.2 Å². The van der Waals surface area contributed by atoms with E-state index in [4.69, 9.17) is 21.1 Å². The Kier molecular flexibility index (Phi) is 4.41. The van der Waals surface area contributed by atoms with Crippen molar-refractivity contribution in [2.45, 2.75) is 6.29 Å². The highest BCUT2D eigenvalue weighted by Crippen LogP contribution is 2.15. The van der Waals surface area contributed by atoms with Crippen LogP contribution in [0.4, 0.5) is 10.5 Å². The Hall–Kier alpha value is -1.30. The lowest BCUT2D eigenvalue weighted by Gasteiger charge is -2.20. The van der Waals surface area contributed by atoms with Gasteiger partial charge in [0.05, 0.1) is 19.8 Å². The number of urea groups is 1. The van der Waals surface area contributed by atoms with Crippen LogP contribution in [0, 0.1) is 0 Å². The number of likely N-dealkylation sites (N-methyl/N-ethyl adjacent to an activating group) is 1. The molecule has 1 aromatic rings. The Morgan fingerprint density at radius 2 is 2.22 bits per heavy atom. The van der Waals surface area contributed by atoms with Gasteiger partial charge in [0.15, 0.2) is 6.29 Å². The molecule has 6 heteroatoms. The number of nitrogens with one attached hydrogen (secondary N) is 1. The third kappa shape index (κ3) is 3.60. The van der Waals surface area contributed by atoms with E-state index in [-0.39, 0.29) is 12.3 Å². The van der Waals surface area contributed by atoms with E-state index in [1.165, 1.54) is 4.90 Å². The average Bonchev–Trinajstić information content (AvgIpc) is 2.81. The van der Waals surface area contributed by atoms with E-state index >= 15 is 0 Å². The van der Waals surface area contributed by atoms with Gasteiger partial charge >= 0.3 is 6.03 Å². The normalized spacial score (nSPS) is 15.7. The second-order valence-corrected chi connectivity index (χ2v) is 4.43. The molecule has 1 N–H and O–H groups in total. The van der Waals surface area contributed by atoms with Gasteiger partial charge < -0.3 is 19.7 Å². The molecule has 0 radical (unpaired) electrons. The molecule has 1 aliphatic heterocycles. The van der Waals surface area contributed by atoms with Gasteiger partial charge in [-0.2, -0.15) is 0 Å². The molecule has 0 spiro atoms. The number of nitrogens with zero attached hydrogens (tertiary/aromatic N) is 1. The Bertz CT molecular complexity index is 422. The predicted molar refractivity (Wildman–Crippen MR) is 68.8 cm³/mol. The molecule has 0 atom stereocenters. The zero-order chi connectivity index (χ0) is 13.0. The van der Waals surface area contributed by atoms with Gasteiger partial charge in [-0.1, -0.05) is 17.7 Å². The Morgan fingerprint density at radius 3 is 2.89 bits per heavy atom. The van der Waals surface area contributed by atoms with Crippen LogP contribution in [0.1, 0.15) is 0 Å². The fourth-order valence-corrected chi connectivity index (χ4v) is 1.79. The summed E-state index contributed by atoms with van der Waals surface area (Å²) in [6.45, 7) is 1.55. The van der Waals surface area contributed by atoms with Crippen molar-refractivity contribution in [3.63, 3.8) is 0 Å². The molecular formula is C12H15ClN2O3. The van der Waals surface area contributed by atoms with Crippen molar-refractivity contribution >= 4 is 23.3 Å². The summed E-state index contributed by atoms with van der Waals surface area (Å²) in [5.41, 5.74) is 0.660. The Labute approximate surface area is 111 Å². The topological polar surface area (TPSA) is 50.8 Å². The van der Waals surface area contributed by atoms with Crippen LogP contribution in [0.25, 0.3) is 0 Å². The Balaban J connectivity index is 1.86. The van der Waals surface area contributed by atoms with Crippen LogP contribution < -0.4 is 5.32 Å². The monoisotopic (exact) mass is 270 g/mol. The number of carbonyl (C=O) groups is 1. The van der Waals surface area contributed by atoms with Crippen LogP contribution in [-0.2, 0) is 9.47 Å². The maximum absolute atomic E-state index is 11.9. The summed E-state index contributed by atoms with van der Waals surface area (Å²) in [4.78, 5) is 13.4. The lowest BCUT2D eigenvalue weighted by Crippen LogP contribution is -2.37. The predicted octanol–water partition coefficient (Wildman–Crippen LogP) is 2.18. The summed E-state index contributed by atoms with van der Waals surface area (Å²) in [6, 6.07) is 6.77. The lowest BCUT2D eigenvalue weighted by molar-refractivity contribution is -0.0518. The van der Waals surface area contributed by atoms with E-state index in [1.807, 2.05) is 0 Å². The number of halogens is 1. The number of carbonyl (C=O) groups excluding carboxylic acids is 1. The minimum absolute atomic E-state index is 0.226. The second kappa shape index (κ2) is 6.04. The first kappa shape index (κ1) is 13.1. The molecule has 0 aliphatic carbocycles. The second-order valence-electron chi connectivity index (χ2n) is 3.99. The third-order valence-corrected chi connectivity index (χ3v) is 2.77. The number of rotatable bonds is 3. The quantitative estimate of drug-likeness (QED) is 0.916. The van der Waals surface area contributed by atoms with Crippen molar-refractivity contribution in [2.75, 3.05) is 32.1 Å². The lowest BCUT2D eigenvalue weighted by atomic mass is 10.3. The molecule has 5 nitrogen and oxygen atoms in total. The van der Waals surface area contributed by atoms with Crippen LogP contribution >= 0.6 is 11.6 Å². The smallest absolute Gasteiger partial charge is 0.321 e. The van der Waals surface area contributed by atoms with Crippen LogP contribution in [0.15, 0.2) is 24.3 Å². The molecule has 2 amide bonds. The summed E-state index contributed by atoms with van der Waals surface area (Å²) in [5, 5.41) is 3.33. The third-order valence-electron chi connectivity index (χ3n) is 2.54. The highest BCUT2D eigenvalue weighted by atomic mass is 35.5. The molecule has 2 rings (SSSR count). The van der Waals surface area contributed by atoms with E-state index < -0.39 is 0 Å². The molecule has 0 saturated carbocycles. The number of ether oxygens (including phenoxy) is 2. The summed E-state index contributed by atoms with van der Waals surface area (Å²) in [5.74, 6) is 0. The Morgan fingerprint density at radius 1 is 1.50 bits per heavy atom. The average molecular weight is 271 g/mol. The molecule has 98 valence electrons. The van der Waals surface area contributed by atoms with Crippen LogP contribution in [0.5, 0.6) is 0 Å². The summed E-state index contributed by atoms with van der Waals surface area (Å²) < 4.78 is 10.6. The molecule has 1 aromatic carbocycles. The van der Waals surface area contributed by atoms with E-state index in [0.29, 0.717) is 30.5 Å². The van der Waals surface area contributed by atoms with Gasteiger partial charge in [0.25, 0.3) is 0 Å². The number of hydrogen-bond acceptors (Lipinski definition) is 3.